The Balaban J connectivity index is 1.51. The zero-order chi connectivity index (χ0) is 24.0. The summed E-state index contributed by atoms with van der Waals surface area (Å²) >= 11 is 0. The molecule has 1 fully saturated rings. The molecule has 0 radical (unpaired) electrons. The van der Waals surface area contributed by atoms with E-state index in [1.54, 1.807) is 0 Å². The monoisotopic (exact) mass is 450 g/mol. The van der Waals surface area contributed by atoms with E-state index >= 15 is 0 Å². The number of nitrogens with zero attached hydrogens (tertiary/aromatic N) is 2. The molecule has 0 spiro atoms. The lowest BCUT2D eigenvalue weighted by Crippen LogP contribution is -2.51. The van der Waals surface area contributed by atoms with E-state index in [4.69, 9.17) is 0 Å². The van der Waals surface area contributed by atoms with Crippen molar-refractivity contribution < 1.29 is 14.4 Å². The van der Waals surface area contributed by atoms with Crippen molar-refractivity contribution in [3.05, 3.63) is 64.7 Å². The number of benzene rings is 2. The molecule has 1 aliphatic rings. The van der Waals surface area contributed by atoms with Gasteiger partial charge in [0, 0.05) is 38.8 Å². The van der Waals surface area contributed by atoms with E-state index in [9.17, 15) is 14.4 Å². The number of nitrogens with one attached hydrogen (secondary N) is 2. The third-order valence-electron chi connectivity index (χ3n) is 6.07. The van der Waals surface area contributed by atoms with Crippen molar-refractivity contribution in [2.24, 2.45) is 0 Å². The van der Waals surface area contributed by atoms with Gasteiger partial charge in [-0.3, -0.25) is 19.3 Å². The number of anilines is 1. The number of aryl methyl sites for hydroxylation is 3. The lowest BCUT2D eigenvalue weighted by atomic mass is 10.0. The Kier molecular flexibility index (Phi) is 8.22. The van der Waals surface area contributed by atoms with Crippen LogP contribution in [0.5, 0.6) is 0 Å². The Bertz CT molecular complexity index is 975. The minimum atomic E-state index is -0.350. The summed E-state index contributed by atoms with van der Waals surface area (Å²) in [6.45, 7) is 10.1. The van der Waals surface area contributed by atoms with Gasteiger partial charge in [-0.2, -0.15) is 0 Å². The van der Waals surface area contributed by atoms with Crippen LogP contribution in [0.4, 0.5) is 5.69 Å². The topological polar surface area (TPSA) is 81.8 Å². The SMILES string of the molecule is CC(=O)N[C@H](CC(=O)N1CCN(CC(=O)Nc2c(C)cccc2C)CC1)c1ccc(C)cc1. The predicted molar refractivity (Wildman–Crippen MR) is 130 cm³/mol. The van der Waals surface area contributed by atoms with Gasteiger partial charge in [0.05, 0.1) is 19.0 Å². The summed E-state index contributed by atoms with van der Waals surface area (Å²) < 4.78 is 0. The number of amides is 3. The van der Waals surface area contributed by atoms with E-state index in [0.717, 1.165) is 27.9 Å². The molecular formula is C26H34N4O3. The normalized spacial score (nSPS) is 15.1. The zero-order valence-electron chi connectivity index (χ0n) is 20.0. The van der Waals surface area contributed by atoms with Gasteiger partial charge in [0.15, 0.2) is 0 Å². The van der Waals surface area contributed by atoms with Crippen molar-refractivity contribution >= 4 is 23.4 Å². The second-order valence-corrected chi connectivity index (χ2v) is 8.84. The lowest BCUT2D eigenvalue weighted by molar-refractivity contribution is -0.133. The van der Waals surface area contributed by atoms with Crippen molar-refractivity contribution in [2.75, 3.05) is 38.0 Å². The molecular weight excluding hydrogens is 416 g/mol. The van der Waals surface area contributed by atoms with Crippen molar-refractivity contribution in [3.8, 4) is 0 Å². The van der Waals surface area contributed by atoms with E-state index in [2.05, 4.69) is 15.5 Å². The molecule has 3 rings (SSSR count). The van der Waals surface area contributed by atoms with E-state index in [0.29, 0.717) is 32.7 Å². The van der Waals surface area contributed by atoms with E-state index in [1.165, 1.54) is 6.92 Å². The first kappa shape index (κ1) is 24.5. The molecule has 1 atom stereocenters. The van der Waals surface area contributed by atoms with Gasteiger partial charge < -0.3 is 15.5 Å². The van der Waals surface area contributed by atoms with Crippen LogP contribution in [-0.2, 0) is 14.4 Å². The Morgan fingerprint density at radius 3 is 2.09 bits per heavy atom. The number of rotatable bonds is 7. The van der Waals surface area contributed by atoms with Gasteiger partial charge in [0.2, 0.25) is 17.7 Å². The summed E-state index contributed by atoms with van der Waals surface area (Å²) in [5.74, 6) is -0.195. The molecule has 0 aliphatic carbocycles. The summed E-state index contributed by atoms with van der Waals surface area (Å²) in [5.41, 5.74) is 5.01. The van der Waals surface area contributed by atoms with Gasteiger partial charge in [0.25, 0.3) is 0 Å². The predicted octanol–water partition coefficient (Wildman–Crippen LogP) is 2.96. The molecule has 1 heterocycles. The highest BCUT2D eigenvalue weighted by Gasteiger charge is 2.25. The van der Waals surface area contributed by atoms with E-state index in [-0.39, 0.29) is 30.2 Å². The van der Waals surface area contributed by atoms with Gasteiger partial charge in [0.1, 0.15) is 0 Å². The van der Waals surface area contributed by atoms with Crippen molar-refractivity contribution in [1.82, 2.24) is 15.1 Å². The minimum absolute atomic E-state index is 0.00830. The van der Waals surface area contributed by atoms with Gasteiger partial charge >= 0.3 is 0 Å². The third kappa shape index (κ3) is 6.89. The first-order valence-electron chi connectivity index (χ1n) is 11.4. The van der Waals surface area contributed by atoms with E-state index < -0.39 is 0 Å². The van der Waals surface area contributed by atoms with Crippen molar-refractivity contribution in [3.63, 3.8) is 0 Å². The molecule has 0 saturated carbocycles. The Hall–Kier alpha value is -3.19. The van der Waals surface area contributed by atoms with Crippen LogP contribution in [0.25, 0.3) is 0 Å². The van der Waals surface area contributed by atoms with Crippen LogP contribution >= 0.6 is 0 Å². The number of carbonyl (C=O) groups excluding carboxylic acids is 3. The molecule has 176 valence electrons. The summed E-state index contributed by atoms with van der Waals surface area (Å²) in [6, 6.07) is 13.5. The average Bonchev–Trinajstić information content (AvgIpc) is 2.76. The van der Waals surface area contributed by atoms with Crippen LogP contribution in [0, 0.1) is 20.8 Å². The molecule has 0 unspecified atom stereocenters. The summed E-state index contributed by atoms with van der Waals surface area (Å²) in [7, 11) is 0. The second kappa shape index (κ2) is 11.1. The van der Waals surface area contributed by atoms with Crippen molar-refractivity contribution in [1.29, 1.82) is 0 Å². The quantitative estimate of drug-likeness (QED) is 0.680. The van der Waals surface area contributed by atoms with Crippen LogP contribution in [0.2, 0.25) is 0 Å². The average molecular weight is 451 g/mol. The fourth-order valence-corrected chi connectivity index (χ4v) is 4.15. The standard InChI is InChI=1S/C26H34N4O3/c1-18-8-10-22(11-9-18)23(27-21(4)31)16-25(33)30-14-12-29(13-15-30)17-24(32)28-26-19(2)6-5-7-20(26)3/h5-11,23H,12-17H2,1-4H3,(H,27,31)(H,28,32)/t23-/m1/s1. The highest BCUT2D eigenvalue weighted by atomic mass is 16.2. The van der Waals surface area contributed by atoms with Gasteiger partial charge in [-0.25, -0.2) is 0 Å². The minimum Gasteiger partial charge on any atom is -0.349 e. The maximum Gasteiger partial charge on any atom is 0.238 e. The van der Waals surface area contributed by atoms with Crippen LogP contribution in [0.1, 0.15) is 41.6 Å². The molecule has 0 bridgehead atoms. The Morgan fingerprint density at radius 1 is 0.909 bits per heavy atom. The molecule has 1 aliphatic heterocycles. The first-order valence-corrected chi connectivity index (χ1v) is 11.4. The van der Waals surface area contributed by atoms with Crippen LogP contribution in [-0.4, -0.2) is 60.2 Å². The summed E-state index contributed by atoms with van der Waals surface area (Å²) in [6.07, 6.45) is 0.218. The Morgan fingerprint density at radius 2 is 1.52 bits per heavy atom. The number of para-hydroxylation sites is 1. The highest BCUT2D eigenvalue weighted by Crippen LogP contribution is 2.21. The van der Waals surface area contributed by atoms with Gasteiger partial charge in [-0.05, 0) is 37.5 Å². The van der Waals surface area contributed by atoms with Gasteiger partial charge in [-0.15, -0.1) is 0 Å². The zero-order valence-corrected chi connectivity index (χ0v) is 20.0. The molecule has 3 amide bonds. The van der Waals surface area contributed by atoms with Crippen LogP contribution < -0.4 is 10.6 Å². The fourth-order valence-electron chi connectivity index (χ4n) is 4.15. The second-order valence-electron chi connectivity index (χ2n) is 8.84. The molecule has 0 aromatic heterocycles. The number of hydrogen-bond donors (Lipinski definition) is 2. The number of piperazine rings is 1. The fraction of sp³-hybridized carbons (Fsp3) is 0.423. The van der Waals surface area contributed by atoms with Gasteiger partial charge in [-0.1, -0.05) is 48.0 Å². The molecule has 1 saturated heterocycles. The number of carbonyl (C=O) groups is 3. The smallest absolute Gasteiger partial charge is 0.238 e. The highest BCUT2D eigenvalue weighted by molar-refractivity contribution is 5.93. The molecule has 2 N–H and O–H groups in total. The van der Waals surface area contributed by atoms with Crippen molar-refractivity contribution in [2.45, 2.75) is 40.2 Å². The first-order chi connectivity index (χ1) is 15.7. The van der Waals surface area contributed by atoms with Crippen LogP contribution in [0.15, 0.2) is 42.5 Å². The van der Waals surface area contributed by atoms with E-state index in [1.807, 2.05) is 68.1 Å². The third-order valence-corrected chi connectivity index (χ3v) is 6.07. The maximum absolute atomic E-state index is 13.0. The number of hydrogen-bond acceptors (Lipinski definition) is 4. The molecule has 2 aromatic carbocycles. The molecule has 7 heteroatoms. The molecule has 7 nitrogen and oxygen atoms in total. The summed E-state index contributed by atoms with van der Waals surface area (Å²) in [4.78, 5) is 41.1. The summed E-state index contributed by atoms with van der Waals surface area (Å²) in [5, 5.41) is 5.93. The largest absolute Gasteiger partial charge is 0.349 e. The lowest BCUT2D eigenvalue weighted by Gasteiger charge is -2.35. The Labute approximate surface area is 196 Å². The maximum atomic E-state index is 13.0. The molecule has 2 aromatic rings. The van der Waals surface area contributed by atoms with Crippen LogP contribution in [0.3, 0.4) is 0 Å². The molecule has 33 heavy (non-hydrogen) atoms.